The Hall–Kier alpha value is -3.52. The number of nitrogens with one attached hydrogen (secondary N) is 2. The fourth-order valence-corrected chi connectivity index (χ4v) is 9.86. The van der Waals surface area contributed by atoms with Crippen LogP contribution in [-0.2, 0) is 50.7 Å². The van der Waals surface area contributed by atoms with Gasteiger partial charge in [-0.2, -0.15) is 4.31 Å². The van der Waals surface area contributed by atoms with E-state index < -0.39 is 90.7 Å². The van der Waals surface area contributed by atoms with Crippen LogP contribution >= 0.6 is 35.2 Å². The van der Waals surface area contributed by atoms with E-state index in [1.165, 1.54) is 33.1 Å². The SMILES string of the molecule is CCCCC/C=C/C/C=C/CC(O)/C=C/C=C/CCCC(=O)SCCNC(=O)CCNC(=O)C(O)C(C)(C)COP(=O)(O)OP(=O)(O)OCC1OC(n2cnc3c(N)ncnc32)C(O)C1OP(=O)(O)O. The molecule has 394 valence electrons. The highest BCUT2D eigenvalue weighted by Gasteiger charge is 2.50. The molecule has 3 rings (SSSR count). The number of fused-ring (bicyclic) bond motifs is 1. The molecule has 1 aliphatic rings. The highest BCUT2D eigenvalue weighted by Crippen LogP contribution is 2.61. The van der Waals surface area contributed by atoms with E-state index in [1.807, 2.05) is 24.3 Å². The number of carbonyl (C=O) groups excluding carboxylic acids is 3. The number of ether oxygens (including phenoxy) is 1. The first-order chi connectivity index (χ1) is 32.9. The second-order valence-electron chi connectivity index (χ2n) is 16.5. The molecule has 1 saturated heterocycles. The third-order valence-electron chi connectivity index (χ3n) is 10.1. The van der Waals surface area contributed by atoms with Crippen LogP contribution in [0.3, 0.4) is 0 Å². The minimum absolute atomic E-state index is 0.0265. The zero-order chi connectivity index (χ0) is 52.0. The second-order valence-corrected chi connectivity index (χ2v) is 21.9. The molecule has 29 heteroatoms. The van der Waals surface area contributed by atoms with Crippen LogP contribution in [0.25, 0.3) is 11.2 Å². The normalized spacial score (nSPS) is 20.7. The van der Waals surface area contributed by atoms with E-state index in [1.54, 1.807) is 12.2 Å². The first-order valence-corrected chi connectivity index (χ1v) is 27.8. The summed E-state index contributed by atoms with van der Waals surface area (Å²) in [5, 5.41) is 36.6. The van der Waals surface area contributed by atoms with Gasteiger partial charge in [0.2, 0.25) is 11.8 Å². The molecule has 2 aromatic heterocycles. The van der Waals surface area contributed by atoms with Gasteiger partial charge in [0.25, 0.3) is 0 Å². The van der Waals surface area contributed by atoms with Gasteiger partial charge in [-0.15, -0.1) is 0 Å². The summed E-state index contributed by atoms with van der Waals surface area (Å²) in [6.07, 6.45) is 15.8. The van der Waals surface area contributed by atoms with E-state index >= 15 is 0 Å². The topological polar surface area (TPSA) is 384 Å². The maximum atomic E-state index is 12.7. The maximum Gasteiger partial charge on any atom is 0.481 e. The average molecular weight is 1070 g/mol. The Kier molecular flexibility index (Phi) is 25.9. The molecule has 25 nitrogen and oxygen atoms in total. The number of unbranched alkanes of at least 4 members (excludes halogenated alkanes) is 4. The molecule has 70 heavy (non-hydrogen) atoms. The van der Waals surface area contributed by atoms with Crippen molar-refractivity contribution < 1.29 is 85.6 Å². The second kappa shape index (κ2) is 29.9. The van der Waals surface area contributed by atoms with Gasteiger partial charge in [0.15, 0.2) is 22.8 Å². The van der Waals surface area contributed by atoms with Crippen molar-refractivity contribution in [3.8, 4) is 0 Å². The van der Waals surface area contributed by atoms with Gasteiger partial charge in [0, 0.05) is 37.1 Å². The lowest BCUT2D eigenvalue weighted by Crippen LogP contribution is -2.46. The Morgan fingerprint density at radius 3 is 2.37 bits per heavy atom. The number of phosphoric acid groups is 3. The van der Waals surface area contributed by atoms with Gasteiger partial charge >= 0.3 is 23.5 Å². The Bertz CT molecular complexity index is 2260. The van der Waals surface area contributed by atoms with Gasteiger partial charge in [-0.1, -0.05) is 94.0 Å². The number of anilines is 1. The number of thioether (sulfide) groups is 1. The lowest BCUT2D eigenvalue weighted by Gasteiger charge is -2.30. The van der Waals surface area contributed by atoms with E-state index in [0.29, 0.717) is 31.4 Å². The molecule has 3 heterocycles. The molecule has 8 unspecified atom stereocenters. The van der Waals surface area contributed by atoms with Crippen LogP contribution in [0.1, 0.15) is 91.2 Å². The van der Waals surface area contributed by atoms with Crippen LogP contribution in [0.4, 0.5) is 5.82 Å². The Morgan fingerprint density at radius 1 is 0.929 bits per heavy atom. The zero-order valence-electron chi connectivity index (χ0n) is 39.1. The predicted octanol–water partition coefficient (Wildman–Crippen LogP) is 3.78. The number of aliphatic hydroxyl groups excluding tert-OH is 3. The number of nitrogen functional groups attached to an aromatic ring is 1. The average Bonchev–Trinajstić information content (AvgIpc) is 3.85. The highest BCUT2D eigenvalue weighted by atomic mass is 32.2. The lowest BCUT2D eigenvalue weighted by molar-refractivity contribution is -0.137. The molecule has 0 saturated carbocycles. The van der Waals surface area contributed by atoms with Crippen molar-refractivity contribution in [1.82, 2.24) is 30.2 Å². The fourth-order valence-electron chi connectivity index (χ4n) is 6.31. The number of aliphatic hydroxyl groups is 3. The summed E-state index contributed by atoms with van der Waals surface area (Å²) in [7, 11) is -16.4. The van der Waals surface area contributed by atoms with Gasteiger partial charge in [0.1, 0.15) is 36.3 Å². The maximum absolute atomic E-state index is 12.7. The highest BCUT2D eigenvalue weighted by molar-refractivity contribution is 8.13. The molecule has 2 amide bonds. The number of nitrogens with zero attached hydrogens (tertiary/aromatic N) is 4. The summed E-state index contributed by atoms with van der Waals surface area (Å²) in [6, 6.07) is 0. The van der Waals surface area contributed by atoms with Crippen molar-refractivity contribution >= 4 is 69.1 Å². The van der Waals surface area contributed by atoms with Crippen LogP contribution in [0.15, 0.2) is 61.3 Å². The summed E-state index contributed by atoms with van der Waals surface area (Å²) in [4.78, 5) is 88.4. The lowest BCUT2D eigenvalue weighted by atomic mass is 9.87. The number of amides is 2. The van der Waals surface area contributed by atoms with Gasteiger partial charge in [-0.05, 0) is 38.5 Å². The Morgan fingerprint density at radius 2 is 1.64 bits per heavy atom. The Labute approximate surface area is 409 Å². The third-order valence-corrected chi connectivity index (χ3v) is 14.1. The molecule has 11 N–H and O–H groups in total. The summed E-state index contributed by atoms with van der Waals surface area (Å²) >= 11 is 1.08. The molecule has 8 atom stereocenters. The number of hydrogen-bond donors (Lipinski definition) is 10. The third kappa shape index (κ3) is 22.5. The minimum Gasteiger partial charge on any atom is -0.389 e. The molecule has 1 aliphatic heterocycles. The van der Waals surface area contributed by atoms with Crippen LogP contribution in [0, 0.1) is 5.41 Å². The van der Waals surface area contributed by atoms with E-state index in [2.05, 4.69) is 53.5 Å². The van der Waals surface area contributed by atoms with E-state index in [-0.39, 0.29) is 41.6 Å². The number of carbonyl (C=O) groups is 3. The Balaban J connectivity index is 1.31. The summed E-state index contributed by atoms with van der Waals surface area (Å²) in [5.41, 5.74) is 4.25. The standard InChI is InChI=1S/C41H66N7O18P3S/c1-4-5-6-7-8-9-10-12-15-18-29(49)19-16-13-11-14-17-20-32(51)70-24-23-43-31(50)21-22-44-39(54)36(53)41(2,3)26-63-69(60,61)66-68(58,59)62-25-30-35(65-67(55,56)57)34(52)40(64-30)48-28-47-33-37(42)45-27-46-38(33)48/h8-9,11-13,15-16,19,27-30,34-36,40,49,52-53H,4-7,10,14,17-18,20-26H2,1-3H3,(H,43,50)(H,44,54)(H,58,59)(H,60,61)(H2,42,45,46)(H2,55,56,57)/b9-8+,13-11+,15-12+,19-16+. The van der Waals surface area contributed by atoms with E-state index in [0.717, 1.165) is 41.8 Å². The van der Waals surface area contributed by atoms with Crippen molar-refractivity contribution in [1.29, 1.82) is 0 Å². The number of allylic oxidation sites excluding steroid dienone is 6. The number of imidazole rings is 1. The van der Waals surface area contributed by atoms with Crippen LogP contribution in [0.5, 0.6) is 0 Å². The van der Waals surface area contributed by atoms with Gasteiger partial charge in [-0.3, -0.25) is 32.5 Å². The molecular formula is C41H66N7O18P3S. The molecule has 0 aliphatic carbocycles. The summed E-state index contributed by atoms with van der Waals surface area (Å²) in [6.45, 7) is 2.62. The molecule has 0 bridgehead atoms. The molecular weight excluding hydrogens is 1000 g/mol. The smallest absolute Gasteiger partial charge is 0.389 e. The van der Waals surface area contributed by atoms with Gasteiger partial charge in [-0.25, -0.2) is 28.6 Å². The predicted molar refractivity (Wildman–Crippen MR) is 257 cm³/mol. The van der Waals surface area contributed by atoms with Crippen molar-refractivity contribution in [3.05, 3.63) is 61.3 Å². The molecule has 0 aromatic carbocycles. The number of hydrogen-bond acceptors (Lipinski definition) is 19. The number of rotatable bonds is 33. The first kappa shape index (κ1) is 60.8. The summed E-state index contributed by atoms with van der Waals surface area (Å²) in [5.74, 6) is -1.15. The van der Waals surface area contributed by atoms with E-state index in [4.69, 9.17) is 19.5 Å². The zero-order valence-corrected chi connectivity index (χ0v) is 42.6. The molecule has 0 spiro atoms. The van der Waals surface area contributed by atoms with Crippen molar-refractivity contribution in [3.63, 3.8) is 0 Å². The van der Waals surface area contributed by atoms with Crippen molar-refractivity contribution in [2.24, 2.45) is 5.41 Å². The van der Waals surface area contributed by atoms with Gasteiger partial charge < -0.3 is 56.0 Å². The summed E-state index contributed by atoms with van der Waals surface area (Å²) < 4.78 is 62.4. The number of aromatic nitrogens is 4. The molecule has 1 fully saturated rings. The molecule has 2 aromatic rings. The number of phosphoric ester groups is 3. The first-order valence-electron chi connectivity index (χ1n) is 22.3. The fraction of sp³-hybridized carbons (Fsp3) is 0.610. The molecule has 0 radical (unpaired) electrons. The monoisotopic (exact) mass is 1070 g/mol. The van der Waals surface area contributed by atoms with Crippen LogP contribution in [-0.4, -0.2) is 134 Å². The van der Waals surface area contributed by atoms with Crippen molar-refractivity contribution in [2.75, 3.05) is 37.8 Å². The van der Waals surface area contributed by atoms with E-state index in [9.17, 15) is 63.0 Å². The van der Waals surface area contributed by atoms with Gasteiger partial charge in [0.05, 0.1) is 25.6 Å². The largest absolute Gasteiger partial charge is 0.481 e. The minimum atomic E-state index is -5.59. The quantitative estimate of drug-likeness (QED) is 0.0210. The van der Waals surface area contributed by atoms with Crippen LogP contribution in [0.2, 0.25) is 0 Å². The van der Waals surface area contributed by atoms with Crippen molar-refractivity contribution in [2.45, 2.75) is 122 Å². The van der Waals surface area contributed by atoms with Crippen LogP contribution < -0.4 is 16.4 Å². The number of nitrogens with two attached hydrogens (primary N) is 1.